The Morgan fingerprint density at radius 2 is 1.60 bits per heavy atom. The summed E-state index contributed by atoms with van der Waals surface area (Å²) in [4.78, 5) is 26.1. The van der Waals surface area contributed by atoms with Crippen LogP contribution in [0, 0.1) is 17.7 Å². The van der Waals surface area contributed by atoms with Crippen LogP contribution in [0.1, 0.15) is 42.4 Å². The van der Waals surface area contributed by atoms with E-state index in [9.17, 15) is 53.1 Å². The number of carbonyl (C=O) groups excluding carboxylic acids is 2. The van der Waals surface area contributed by atoms with Crippen LogP contribution < -0.4 is 5.32 Å². The number of fused-ring (bicyclic) bond motifs is 3. The molecule has 2 amide bonds. The Bertz CT molecular complexity index is 1540. The van der Waals surface area contributed by atoms with E-state index >= 15 is 0 Å². The van der Waals surface area contributed by atoms with Crippen molar-refractivity contribution in [3.63, 3.8) is 0 Å². The van der Waals surface area contributed by atoms with Crippen molar-refractivity contribution in [3.8, 4) is 0 Å². The molecule has 2 fully saturated rings. The monoisotopic (exact) mass is 638 g/mol. The van der Waals surface area contributed by atoms with Gasteiger partial charge in [-0.15, -0.1) is 0 Å². The minimum atomic E-state index is -6.35. The molecule has 3 aliphatic rings. The summed E-state index contributed by atoms with van der Waals surface area (Å²) in [6.45, 7) is 0.149. The van der Waals surface area contributed by atoms with Crippen LogP contribution in [-0.2, 0) is 36.3 Å². The highest BCUT2D eigenvalue weighted by Crippen LogP contribution is 2.59. The van der Waals surface area contributed by atoms with Crippen molar-refractivity contribution in [1.82, 2.24) is 10.2 Å². The van der Waals surface area contributed by atoms with Crippen LogP contribution in [0.25, 0.3) is 0 Å². The Kier molecular flexibility index (Phi) is 7.37. The van der Waals surface area contributed by atoms with E-state index in [4.69, 9.17) is 0 Å². The van der Waals surface area contributed by atoms with Gasteiger partial charge in [-0.05, 0) is 61.1 Å². The van der Waals surface area contributed by atoms with Gasteiger partial charge in [0.25, 0.3) is 0 Å². The molecule has 234 valence electrons. The molecule has 6 nitrogen and oxygen atoms in total. The zero-order valence-corrected chi connectivity index (χ0v) is 23.3. The van der Waals surface area contributed by atoms with Gasteiger partial charge in [-0.2, -0.15) is 26.3 Å². The van der Waals surface area contributed by atoms with Crippen LogP contribution in [0.5, 0.6) is 0 Å². The fourth-order valence-electron chi connectivity index (χ4n) is 6.89. The molecule has 1 N–H and O–H groups in total. The van der Waals surface area contributed by atoms with Crippen molar-refractivity contribution < 1.29 is 53.1 Å². The van der Waals surface area contributed by atoms with Crippen LogP contribution in [0.15, 0.2) is 47.4 Å². The molecule has 4 atom stereocenters. The summed E-state index contributed by atoms with van der Waals surface area (Å²) in [5.74, 6) is -3.06. The molecule has 1 unspecified atom stereocenters. The molecule has 1 heterocycles. The van der Waals surface area contributed by atoms with Gasteiger partial charge in [0.1, 0.15) is 10.6 Å². The number of amides is 2. The fraction of sp³-hybridized carbons (Fsp3) is 0.500. The summed E-state index contributed by atoms with van der Waals surface area (Å²) in [6, 6.07) is 4.54. The molecule has 15 heteroatoms. The van der Waals surface area contributed by atoms with Crippen LogP contribution in [0.4, 0.5) is 35.1 Å². The van der Waals surface area contributed by atoms with Crippen LogP contribution in [0.3, 0.4) is 0 Å². The topological polar surface area (TPSA) is 83.6 Å². The number of benzene rings is 2. The lowest BCUT2D eigenvalue weighted by Crippen LogP contribution is -2.51. The summed E-state index contributed by atoms with van der Waals surface area (Å²) in [5, 5.41) is 2.83. The number of halogens is 8. The highest BCUT2D eigenvalue weighted by atomic mass is 32.2. The van der Waals surface area contributed by atoms with Gasteiger partial charge in [0.2, 0.25) is 11.8 Å². The molecule has 0 aromatic heterocycles. The maximum absolute atomic E-state index is 14.9. The minimum Gasteiger partial charge on any atom is -0.353 e. The van der Waals surface area contributed by atoms with E-state index in [-0.39, 0.29) is 60.6 Å². The third-order valence-electron chi connectivity index (χ3n) is 9.02. The molecular weight excluding hydrogens is 612 g/mol. The van der Waals surface area contributed by atoms with E-state index in [1.54, 1.807) is 0 Å². The van der Waals surface area contributed by atoms with Gasteiger partial charge < -0.3 is 10.2 Å². The number of hydrogen-bond acceptors (Lipinski definition) is 4. The van der Waals surface area contributed by atoms with E-state index in [0.717, 1.165) is 30.3 Å². The quantitative estimate of drug-likeness (QED) is 0.365. The van der Waals surface area contributed by atoms with E-state index in [2.05, 4.69) is 5.32 Å². The Labute approximate surface area is 241 Å². The van der Waals surface area contributed by atoms with Crippen molar-refractivity contribution in [2.75, 3.05) is 13.6 Å². The van der Waals surface area contributed by atoms with Crippen molar-refractivity contribution in [3.05, 3.63) is 65.0 Å². The first kappa shape index (κ1) is 31.2. The minimum absolute atomic E-state index is 0.0479. The Balaban J connectivity index is 1.62. The average Bonchev–Trinajstić information content (AvgIpc) is 3.47. The van der Waals surface area contributed by atoms with Crippen LogP contribution in [0.2, 0.25) is 0 Å². The lowest BCUT2D eigenvalue weighted by molar-refractivity contribution is -0.348. The molecule has 43 heavy (non-hydrogen) atoms. The number of aryl methyl sites for hydroxylation is 1. The van der Waals surface area contributed by atoms with Crippen molar-refractivity contribution in [1.29, 1.82) is 0 Å². The summed E-state index contributed by atoms with van der Waals surface area (Å²) in [7, 11) is -2.99. The number of likely N-dealkylation sites (tertiary alicyclic amines) is 1. The molecule has 1 saturated heterocycles. The summed E-state index contributed by atoms with van der Waals surface area (Å²) < 4.78 is 136. The Morgan fingerprint density at radius 3 is 2.16 bits per heavy atom. The molecule has 1 saturated carbocycles. The normalized spacial score (nSPS) is 26.3. The van der Waals surface area contributed by atoms with Gasteiger partial charge in [-0.25, -0.2) is 17.2 Å². The lowest BCUT2D eigenvalue weighted by atomic mass is 9.74. The number of hydrogen-bond donors (Lipinski definition) is 1. The lowest BCUT2D eigenvalue weighted by Gasteiger charge is -2.43. The molecule has 0 spiro atoms. The fourth-order valence-corrected chi connectivity index (χ4v) is 9.36. The van der Waals surface area contributed by atoms with E-state index in [1.807, 2.05) is 0 Å². The largest absolute Gasteiger partial charge is 0.435 e. The summed E-state index contributed by atoms with van der Waals surface area (Å²) >= 11 is 0. The highest BCUT2D eigenvalue weighted by molar-refractivity contribution is 7.92. The Hall–Kier alpha value is -3.23. The second-order valence-electron chi connectivity index (χ2n) is 11.3. The zero-order valence-electron chi connectivity index (χ0n) is 22.5. The van der Waals surface area contributed by atoms with E-state index < -0.39 is 67.8 Å². The third kappa shape index (κ3) is 4.69. The van der Waals surface area contributed by atoms with Gasteiger partial charge in [-0.3, -0.25) is 9.59 Å². The van der Waals surface area contributed by atoms with Crippen molar-refractivity contribution >= 4 is 21.7 Å². The Morgan fingerprint density at radius 1 is 0.977 bits per heavy atom. The molecule has 2 aliphatic carbocycles. The summed E-state index contributed by atoms with van der Waals surface area (Å²) in [5.41, 5.74) is -7.73. The molecule has 2 aromatic carbocycles. The molecule has 2 aromatic rings. The van der Waals surface area contributed by atoms with E-state index in [1.165, 1.54) is 11.9 Å². The standard InChI is InChI=1S/C28H26F8N2O4S/c1-38-14-16(13-23(38)39)24(40)37-22-10-11-25(43(41,42)19-6-4-18(29)5-7-19)20-9-3-17(12-15(20)2-8-21(22)25)26(30,27(31,32)33)28(34,35)36/h3-7,9,12,16,21-22H,2,8,10-11,13-14H2,1H3,(H,37,40)/t16?,21-,22+,25+/m0/s1. The SMILES string of the molecule is CN1CC(C(=O)N[C@@H]2CC[C@@]3(S(=O)(=O)c4ccc(F)cc4)c4ccc(C(F)(C(F)(F)F)C(F)(F)F)cc4CC[C@@H]23)CC1=O. The third-order valence-corrected chi connectivity index (χ3v) is 11.6. The van der Waals surface area contributed by atoms with Gasteiger partial charge >= 0.3 is 18.0 Å². The maximum Gasteiger partial charge on any atom is 0.435 e. The number of alkyl halides is 7. The predicted octanol–water partition coefficient (Wildman–Crippen LogP) is 5.10. The van der Waals surface area contributed by atoms with Crippen molar-refractivity contribution in [2.24, 2.45) is 11.8 Å². The molecular formula is C28H26F8N2O4S. The molecule has 1 aliphatic heterocycles. The number of rotatable bonds is 5. The first-order valence-corrected chi connectivity index (χ1v) is 14.8. The van der Waals surface area contributed by atoms with Gasteiger partial charge in [0, 0.05) is 37.5 Å². The number of nitrogens with one attached hydrogen (secondary N) is 1. The number of sulfone groups is 1. The van der Waals surface area contributed by atoms with E-state index in [0.29, 0.717) is 12.1 Å². The van der Waals surface area contributed by atoms with Crippen molar-refractivity contribution in [2.45, 2.75) is 65.8 Å². The maximum atomic E-state index is 14.9. The molecule has 5 rings (SSSR count). The van der Waals surface area contributed by atoms with Crippen LogP contribution >= 0.6 is 0 Å². The molecule has 0 bridgehead atoms. The number of carbonyl (C=O) groups is 2. The van der Waals surface area contributed by atoms with Gasteiger partial charge in [0.05, 0.1) is 10.8 Å². The molecule has 0 radical (unpaired) electrons. The second kappa shape index (κ2) is 10.2. The second-order valence-corrected chi connectivity index (χ2v) is 13.6. The first-order chi connectivity index (χ1) is 19.8. The van der Waals surface area contributed by atoms with Crippen LogP contribution in [-0.4, -0.2) is 57.1 Å². The predicted molar refractivity (Wildman–Crippen MR) is 135 cm³/mol. The highest BCUT2D eigenvalue weighted by Gasteiger charge is 2.73. The van der Waals surface area contributed by atoms with Gasteiger partial charge in [0.15, 0.2) is 9.84 Å². The smallest absolute Gasteiger partial charge is 0.353 e. The van der Waals surface area contributed by atoms with Gasteiger partial charge in [-0.1, -0.05) is 18.2 Å². The number of nitrogens with zero attached hydrogens (tertiary/aromatic N) is 1. The summed E-state index contributed by atoms with van der Waals surface area (Å²) in [6.07, 6.45) is -13.1. The first-order valence-electron chi connectivity index (χ1n) is 13.4. The average molecular weight is 639 g/mol. The zero-order chi connectivity index (χ0) is 31.8.